The van der Waals surface area contributed by atoms with Crippen LogP contribution in [0.25, 0.3) is 17.3 Å². The molecule has 0 saturated carbocycles. The summed E-state index contributed by atoms with van der Waals surface area (Å²) in [7, 11) is -3.51. The van der Waals surface area contributed by atoms with Gasteiger partial charge in [0.2, 0.25) is 0 Å². The molecule has 3 aromatic rings. The lowest BCUT2D eigenvalue weighted by molar-refractivity contribution is 0.0965. The fourth-order valence-electron chi connectivity index (χ4n) is 4.11. The van der Waals surface area contributed by atoms with Gasteiger partial charge in [-0.2, -0.15) is 0 Å². The van der Waals surface area contributed by atoms with E-state index in [1.165, 1.54) is 12.4 Å². The van der Waals surface area contributed by atoms with Crippen molar-refractivity contribution in [2.24, 2.45) is 0 Å². The van der Waals surface area contributed by atoms with Crippen molar-refractivity contribution in [2.75, 3.05) is 36.5 Å². The van der Waals surface area contributed by atoms with E-state index in [-0.39, 0.29) is 4.90 Å². The first-order valence-corrected chi connectivity index (χ1v) is 13.2. The minimum absolute atomic E-state index is 0.129. The number of carbonyl (C=O) groups excluding carboxylic acids is 1. The fourth-order valence-corrected chi connectivity index (χ4v) is 5.15. The van der Waals surface area contributed by atoms with Crippen LogP contribution in [-0.2, 0) is 14.6 Å². The molecule has 10 heteroatoms. The first-order chi connectivity index (χ1) is 17.3. The van der Waals surface area contributed by atoms with Crippen molar-refractivity contribution in [3.8, 4) is 11.3 Å². The Bertz CT molecular complexity index is 1430. The van der Waals surface area contributed by atoms with Crippen LogP contribution in [0.5, 0.6) is 0 Å². The lowest BCUT2D eigenvalue weighted by Crippen LogP contribution is -2.36. The number of fused-ring (bicyclic) bond motifs is 1. The van der Waals surface area contributed by atoms with Crippen molar-refractivity contribution < 1.29 is 17.9 Å². The molecular weight excluding hydrogens is 478 g/mol. The number of pyridine rings is 2. The highest BCUT2D eigenvalue weighted by atomic mass is 32.2. The number of sulfone groups is 1. The number of amides is 1. The minimum atomic E-state index is -3.51. The third-order valence-electron chi connectivity index (χ3n) is 6.17. The molecule has 4 heterocycles. The molecule has 1 fully saturated rings. The Balaban J connectivity index is 1.52. The summed E-state index contributed by atoms with van der Waals surface area (Å²) in [6, 6.07) is 11.2. The first-order valence-electron chi connectivity index (χ1n) is 11.7. The molecule has 0 unspecified atom stereocenters. The van der Waals surface area contributed by atoms with Gasteiger partial charge in [-0.25, -0.2) is 18.7 Å². The third kappa shape index (κ3) is 4.69. The summed E-state index contributed by atoms with van der Waals surface area (Å²) in [4.78, 5) is 23.9. The number of nitrogens with zero attached hydrogens (tertiary/aromatic N) is 4. The number of rotatable bonds is 6. The van der Waals surface area contributed by atoms with Gasteiger partial charge >= 0.3 is 0 Å². The minimum Gasteiger partial charge on any atom is -0.378 e. The Morgan fingerprint density at radius 1 is 1.06 bits per heavy atom. The van der Waals surface area contributed by atoms with Crippen LogP contribution in [0.15, 0.2) is 59.9 Å². The normalized spacial score (nSPS) is 15.5. The Morgan fingerprint density at radius 3 is 2.53 bits per heavy atom. The standard InChI is InChI=1S/C26H26N5O4S/c1-17(2)36(33,34)22-13-19(15-27-16-22)23-14-18-7-8-28-26(32)24(18)25(30-23)29-20-3-5-21(6-4-20)31-9-11-35-12-10-31/h3-8,13-17H,9-12H2,1-2H3,(H,29,30). The number of hydrogen-bond donors (Lipinski definition) is 1. The molecule has 0 bridgehead atoms. The number of benzene rings is 1. The highest BCUT2D eigenvalue weighted by Crippen LogP contribution is 2.32. The Morgan fingerprint density at radius 2 is 1.81 bits per heavy atom. The van der Waals surface area contributed by atoms with Crippen molar-refractivity contribution in [1.29, 1.82) is 0 Å². The molecule has 1 amide bonds. The molecule has 5 rings (SSSR count). The van der Waals surface area contributed by atoms with Crippen molar-refractivity contribution >= 4 is 39.0 Å². The van der Waals surface area contributed by atoms with Crippen LogP contribution in [0.3, 0.4) is 0 Å². The van der Waals surface area contributed by atoms with Crippen molar-refractivity contribution in [3.63, 3.8) is 0 Å². The molecule has 9 nitrogen and oxygen atoms in total. The molecule has 185 valence electrons. The Hall–Kier alpha value is -3.76. The monoisotopic (exact) mass is 504 g/mol. The van der Waals surface area contributed by atoms with E-state index in [1.54, 1.807) is 38.3 Å². The van der Waals surface area contributed by atoms with E-state index in [2.05, 4.69) is 20.5 Å². The smallest absolute Gasteiger partial charge is 0.281 e. The number of hydrogen-bond acceptors (Lipinski definition) is 8. The lowest BCUT2D eigenvalue weighted by Gasteiger charge is -2.29. The maximum absolute atomic E-state index is 12.7. The largest absolute Gasteiger partial charge is 0.378 e. The third-order valence-corrected chi connectivity index (χ3v) is 8.30. The number of ether oxygens (including phenoxy) is 1. The molecule has 0 atom stereocenters. The van der Waals surface area contributed by atoms with Crippen LogP contribution in [0.1, 0.15) is 29.8 Å². The van der Waals surface area contributed by atoms with E-state index < -0.39 is 21.0 Å². The van der Waals surface area contributed by atoms with Crippen LogP contribution in [0.4, 0.5) is 17.2 Å². The van der Waals surface area contributed by atoms with E-state index in [0.29, 0.717) is 41.4 Å². The number of anilines is 3. The van der Waals surface area contributed by atoms with Crippen molar-refractivity contribution in [2.45, 2.75) is 24.0 Å². The van der Waals surface area contributed by atoms with Crippen LogP contribution >= 0.6 is 0 Å². The summed E-state index contributed by atoms with van der Waals surface area (Å²) in [5.41, 5.74) is 3.88. The molecule has 1 radical (unpaired) electrons. The second kappa shape index (κ2) is 9.71. The number of morpholine rings is 1. The van der Waals surface area contributed by atoms with Gasteiger partial charge in [0.05, 0.1) is 34.6 Å². The summed E-state index contributed by atoms with van der Waals surface area (Å²) in [5.74, 6) is -0.0508. The van der Waals surface area contributed by atoms with Crippen LogP contribution in [-0.4, -0.2) is 55.8 Å². The zero-order chi connectivity index (χ0) is 25.3. The fraction of sp³-hybridized carbons (Fsp3) is 0.269. The Kier molecular flexibility index (Phi) is 6.46. The highest BCUT2D eigenvalue weighted by molar-refractivity contribution is 7.92. The summed E-state index contributed by atoms with van der Waals surface area (Å²) in [6.45, 7) is 6.35. The van der Waals surface area contributed by atoms with Gasteiger partial charge in [-0.15, -0.1) is 0 Å². The molecule has 2 aromatic heterocycles. The zero-order valence-electron chi connectivity index (χ0n) is 20.0. The molecule has 1 aromatic carbocycles. The average Bonchev–Trinajstić information content (AvgIpc) is 2.89. The second-order valence-electron chi connectivity index (χ2n) is 8.84. The van der Waals surface area contributed by atoms with Gasteiger partial charge in [0, 0.05) is 48.6 Å². The van der Waals surface area contributed by atoms with Gasteiger partial charge in [-0.1, -0.05) is 0 Å². The predicted molar refractivity (Wildman–Crippen MR) is 138 cm³/mol. The number of carbonyl (C=O) groups is 1. The number of aromatic nitrogens is 2. The molecule has 1 N–H and O–H groups in total. The van der Waals surface area contributed by atoms with E-state index in [9.17, 15) is 13.2 Å². The molecule has 0 aliphatic carbocycles. The zero-order valence-corrected chi connectivity index (χ0v) is 20.8. The molecule has 2 aliphatic rings. The van der Waals surface area contributed by atoms with E-state index in [0.717, 1.165) is 24.5 Å². The van der Waals surface area contributed by atoms with Gasteiger partial charge in [0.25, 0.3) is 5.91 Å². The highest BCUT2D eigenvalue weighted by Gasteiger charge is 2.24. The maximum Gasteiger partial charge on any atom is 0.281 e. The Labute approximate surface area is 210 Å². The van der Waals surface area contributed by atoms with Gasteiger partial charge in [-0.3, -0.25) is 9.78 Å². The SMILES string of the molecule is CC(C)S(=O)(=O)c1cncc(-c2cc3c(c(Nc4ccc(N5CCOCC5)cc4)n2)C(=O)[N]C=C3)c1. The molecule has 2 aliphatic heterocycles. The van der Waals surface area contributed by atoms with E-state index >= 15 is 0 Å². The van der Waals surface area contributed by atoms with Crippen LogP contribution in [0.2, 0.25) is 0 Å². The van der Waals surface area contributed by atoms with Crippen molar-refractivity contribution in [1.82, 2.24) is 15.3 Å². The quantitative estimate of drug-likeness (QED) is 0.541. The maximum atomic E-state index is 12.7. The number of nitrogens with one attached hydrogen (secondary N) is 1. The summed E-state index contributed by atoms with van der Waals surface area (Å²) in [6.07, 6.45) is 6.09. The first kappa shape index (κ1) is 24.0. The average molecular weight is 505 g/mol. The predicted octanol–water partition coefficient (Wildman–Crippen LogP) is 3.63. The van der Waals surface area contributed by atoms with E-state index in [4.69, 9.17) is 9.72 Å². The van der Waals surface area contributed by atoms with Gasteiger partial charge < -0.3 is 15.0 Å². The molecule has 0 spiro atoms. The van der Waals surface area contributed by atoms with Gasteiger partial charge in [0.1, 0.15) is 5.82 Å². The van der Waals surface area contributed by atoms with Gasteiger partial charge in [0.15, 0.2) is 9.84 Å². The lowest BCUT2D eigenvalue weighted by atomic mass is 10.0. The van der Waals surface area contributed by atoms with Crippen LogP contribution in [0, 0.1) is 0 Å². The second-order valence-corrected chi connectivity index (χ2v) is 11.3. The molecule has 36 heavy (non-hydrogen) atoms. The summed E-state index contributed by atoms with van der Waals surface area (Å²) < 4.78 is 30.8. The molecule has 1 saturated heterocycles. The molecular formula is C26H26N5O4S. The van der Waals surface area contributed by atoms with Gasteiger partial charge in [-0.05, 0) is 61.9 Å². The summed E-state index contributed by atoms with van der Waals surface area (Å²) >= 11 is 0. The van der Waals surface area contributed by atoms with Crippen LogP contribution < -0.4 is 15.5 Å². The summed E-state index contributed by atoms with van der Waals surface area (Å²) in [5, 5.41) is 6.59. The topological polar surface area (TPSA) is 116 Å². The van der Waals surface area contributed by atoms with E-state index in [1.807, 2.05) is 24.3 Å². The van der Waals surface area contributed by atoms with Crippen molar-refractivity contribution in [3.05, 3.63) is 66.1 Å².